The lowest BCUT2D eigenvalue weighted by Crippen LogP contribution is -2.48. The highest BCUT2D eigenvalue weighted by atomic mass is 16.7. The largest absolute Gasteiger partial charge is 0.490 e. The Balaban J connectivity index is 1.82. The van der Waals surface area contributed by atoms with Gasteiger partial charge in [0.25, 0.3) is 0 Å². The molecule has 2 N–H and O–H groups in total. The first kappa shape index (κ1) is 23.8. The number of hydrogen-bond donors (Lipinski definition) is 1. The SMILES string of the molecule is CCOc1ccccc1OC[C@H]1CN(C(=O)O[C@@H](C)OC(=O)[C@H](N)C(C)C)CCO1. The van der Waals surface area contributed by atoms with Gasteiger partial charge in [-0.1, -0.05) is 26.0 Å². The average Bonchev–Trinajstić information content (AvgIpc) is 2.72. The summed E-state index contributed by atoms with van der Waals surface area (Å²) in [5.41, 5.74) is 5.75. The molecule has 1 aromatic rings. The third-order valence-corrected chi connectivity index (χ3v) is 4.51. The number of hydrogen-bond acceptors (Lipinski definition) is 8. The van der Waals surface area contributed by atoms with Crippen LogP contribution in [0.5, 0.6) is 11.5 Å². The Morgan fingerprint density at radius 3 is 2.47 bits per heavy atom. The fraction of sp³-hybridized carbons (Fsp3) is 0.619. The predicted molar refractivity (Wildman–Crippen MR) is 109 cm³/mol. The van der Waals surface area contributed by atoms with Gasteiger partial charge in [-0.2, -0.15) is 0 Å². The molecule has 2 rings (SSSR count). The molecule has 0 saturated carbocycles. The summed E-state index contributed by atoms with van der Waals surface area (Å²) in [6, 6.07) is 6.61. The number of carbonyl (C=O) groups is 2. The lowest BCUT2D eigenvalue weighted by molar-refractivity contribution is -0.169. The first-order chi connectivity index (χ1) is 14.3. The van der Waals surface area contributed by atoms with Crippen LogP contribution in [-0.4, -0.2) is 68.3 Å². The smallest absolute Gasteiger partial charge is 0.413 e. The Kier molecular flexibility index (Phi) is 9.19. The number of amides is 1. The van der Waals surface area contributed by atoms with Crippen LogP contribution >= 0.6 is 0 Å². The molecule has 0 aliphatic carbocycles. The molecule has 168 valence electrons. The van der Waals surface area contributed by atoms with Gasteiger partial charge in [-0.3, -0.25) is 4.79 Å². The van der Waals surface area contributed by atoms with Crippen LogP contribution in [0.3, 0.4) is 0 Å². The lowest BCUT2D eigenvalue weighted by atomic mass is 10.1. The van der Waals surface area contributed by atoms with E-state index in [-0.39, 0.29) is 18.6 Å². The normalized spacial score (nSPS) is 18.5. The van der Waals surface area contributed by atoms with Crippen LogP contribution in [0.4, 0.5) is 4.79 Å². The van der Waals surface area contributed by atoms with Gasteiger partial charge in [-0.25, -0.2) is 4.79 Å². The van der Waals surface area contributed by atoms with Crippen LogP contribution in [0.2, 0.25) is 0 Å². The molecule has 1 heterocycles. The Morgan fingerprint density at radius 1 is 1.17 bits per heavy atom. The van der Waals surface area contributed by atoms with Crippen molar-refractivity contribution in [3.8, 4) is 11.5 Å². The van der Waals surface area contributed by atoms with Crippen LogP contribution in [-0.2, 0) is 19.0 Å². The zero-order valence-electron chi connectivity index (χ0n) is 18.0. The van der Waals surface area contributed by atoms with Crippen LogP contribution in [0.25, 0.3) is 0 Å². The minimum atomic E-state index is -1.04. The van der Waals surface area contributed by atoms with E-state index in [1.807, 2.05) is 45.0 Å². The summed E-state index contributed by atoms with van der Waals surface area (Å²) in [6.07, 6.45) is -1.95. The second kappa shape index (κ2) is 11.6. The van der Waals surface area contributed by atoms with Gasteiger partial charge >= 0.3 is 12.1 Å². The molecular formula is C21H32N2O7. The number of carbonyl (C=O) groups excluding carboxylic acids is 2. The highest BCUT2D eigenvalue weighted by Crippen LogP contribution is 2.26. The molecule has 1 fully saturated rings. The number of rotatable bonds is 9. The summed E-state index contributed by atoms with van der Waals surface area (Å²) in [5.74, 6) is 0.590. The van der Waals surface area contributed by atoms with Gasteiger partial charge in [-0.05, 0) is 25.0 Å². The van der Waals surface area contributed by atoms with Gasteiger partial charge in [-0.15, -0.1) is 0 Å². The Bertz CT molecular complexity index is 698. The third kappa shape index (κ3) is 7.07. The summed E-state index contributed by atoms with van der Waals surface area (Å²) >= 11 is 0. The number of morpholine rings is 1. The second-order valence-electron chi connectivity index (χ2n) is 7.29. The topological polar surface area (TPSA) is 110 Å². The summed E-state index contributed by atoms with van der Waals surface area (Å²) in [6.45, 7) is 8.80. The van der Waals surface area contributed by atoms with E-state index in [9.17, 15) is 9.59 Å². The Hall–Kier alpha value is -2.52. The molecule has 9 nitrogen and oxygen atoms in total. The summed E-state index contributed by atoms with van der Waals surface area (Å²) in [7, 11) is 0. The molecule has 0 spiro atoms. The number of nitrogens with two attached hydrogens (primary N) is 1. The number of esters is 1. The van der Waals surface area contributed by atoms with Crippen molar-refractivity contribution in [1.29, 1.82) is 0 Å². The van der Waals surface area contributed by atoms with Gasteiger partial charge in [0.2, 0.25) is 6.29 Å². The molecule has 0 aromatic heterocycles. The minimum absolute atomic E-state index is 0.0757. The van der Waals surface area contributed by atoms with Crippen molar-refractivity contribution >= 4 is 12.1 Å². The molecule has 9 heteroatoms. The number of para-hydroxylation sites is 2. The summed E-state index contributed by atoms with van der Waals surface area (Å²) in [5, 5.41) is 0. The summed E-state index contributed by atoms with van der Waals surface area (Å²) < 4.78 is 27.4. The second-order valence-corrected chi connectivity index (χ2v) is 7.29. The number of nitrogens with zero attached hydrogens (tertiary/aromatic N) is 1. The minimum Gasteiger partial charge on any atom is -0.490 e. The molecule has 1 aliphatic rings. The van der Waals surface area contributed by atoms with Gasteiger partial charge in [0.15, 0.2) is 11.5 Å². The van der Waals surface area contributed by atoms with E-state index in [4.69, 9.17) is 29.4 Å². The van der Waals surface area contributed by atoms with Crippen LogP contribution in [0.1, 0.15) is 27.7 Å². The average molecular weight is 424 g/mol. The fourth-order valence-corrected chi connectivity index (χ4v) is 2.77. The van der Waals surface area contributed by atoms with E-state index >= 15 is 0 Å². The highest BCUT2D eigenvalue weighted by molar-refractivity contribution is 5.76. The molecule has 30 heavy (non-hydrogen) atoms. The maximum Gasteiger partial charge on any atom is 0.413 e. The van der Waals surface area contributed by atoms with Crippen molar-refractivity contribution in [2.45, 2.75) is 46.1 Å². The molecule has 0 bridgehead atoms. The van der Waals surface area contributed by atoms with Crippen molar-refractivity contribution in [1.82, 2.24) is 4.90 Å². The van der Waals surface area contributed by atoms with Crippen LogP contribution < -0.4 is 15.2 Å². The first-order valence-corrected chi connectivity index (χ1v) is 10.2. The monoisotopic (exact) mass is 424 g/mol. The standard InChI is InChI=1S/C21H32N2O7/c1-5-26-17-8-6-7-9-18(17)28-13-16-12-23(10-11-27-16)21(25)30-15(4)29-20(24)19(22)14(2)3/h6-9,14-16,19H,5,10-13,22H2,1-4H3/t15-,16+,19+/m0/s1. The molecule has 0 radical (unpaired) electrons. The maximum atomic E-state index is 12.4. The van der Waals surface area contributed by atoms with E-state index in [1.54, 1.807) is 0 Å². The molecular weight excluding hydrogens is 392 g/mol. The third-order valence-electron chi connectivity index (χ3n) is 4.51. The quantitative estimate of drug-likeness (QED) is 0.474. The summed E-state index contributed by atoms with van der Waals surface area (Å²) in [4.78, 5) is 25.8. The molecule has 3 atom stereocenters. The molecule has 0 unspecified atom stereocenters. The Morgan fingerprint density at radius 2 is 1.83 bits per heavy atom. The van der Waals surface area contributed by atoms with E-state index in [1.165, 1.54) is 11.8 Å². The predicted octanol–water partition coefficient (Wildman–Crippen LogP) is 2.17. The highest BCUT2D eigenvalue weighted by Gasteiger charge is 2.28. The first-order valence-electron chi connectivity index (χ1n) is 10.2. The van der Waals surface area contributed by atoms with Gasteiger partial charge in [0, 0.05) is 13.5 Å². The van der Waals surface area contributed by atoms with Crippen molar-refractivity contribution in [2.75, 3.05) is 32.9 Å². The molecule has 1 aromatic carbocycles. The van der Waals surface area contributed by atoms with E-state index in [0.717, 1.165) is 0 Å². The molecule has 1 amide bonds. The number of ether oxygens (including phenoxy) is 5. The van der Waals surface area contributed by atoms with Gasteiger partial charge < -0.3 is 34.3 Å². The molecule has 1 saturated heterocycles. The maximum absolute atomic E-state index is 12.4. The Labute approximate surface area is 177 Å². The van der Waals surface area contributed by atoms with Gasteiger partial charge in [0.05, 0.1) is 19.8 Å². The van der Waals surface area contributed by atoms with Crippen molar-refractivity contribution < 1.29 is 33.3 Å². The van der Waals surface area contributed by atoms with E-state index in [0.29, 0.717) is 37.8 Å². The van der Waals surface area contributed by atoms with Crippen LogP contribution in [0.15, 0.2) is 24.3 Å². The van der Waals surface area contributed by atoms with Crippen molar-refractivity contribution in [3.63, 3.8) is 0 Å². The zero-order valence-corrected chi connectivity index (χ0v) is 18.0. The fourth-order valence-electron chi connectivity index (χ4n) is 2.77. The molecule has 1 aliphatic heterocycles. The van der Waals surface area contributed by atoms with E-state index < -0.39 is 24.4 Å². The number of benzene rings is 1. The van der Waals surface area contributed by atoms with Crippen molar-refractivity contribution in [3.05, 3.63) is 24.3 Å². The lowest BCUT2D eigenvalue weighted by Gasteiger charge is -2.32. The van der Waals surface area contributed by atoms with Gasteiger partial charge in [0.1, 0.15) is 18.8 Å². The van der Waals surface area contributed by atoms with E-state index in [2.05, 4.69) is 0 Å². The van der Waals surface area contributed by atoms with Crippen molar-refractivity contribution in [2.24, 2.45) is 11.7 Å². The zero-order chi connectivity index (χ0) is 22.1. The van der Waals surface area contributed by atoms with Crippen LogP contribution in [0, 0.1) is 5.92 Å².